The van der Waals surface area contributed by atoms with Gasteiger partial charge in [-0.1, -0.05) is 5.16 Å². The van der Waals surface area contributed by atoms with E-state index in [1.54, 1.807) is 0 Å². The van der Waals surface area contributed by atoms with Crippen LogP contribution in [0.4, 0.5) is 10.1 Å². The van der Waals surface area contributed by atoms with Crippen molar-refractivity contribution in [2.75, 3.05) is 5.32 Å². The second-order valence-corrected chi connectivity index (χ2v) is 3.22. The number of anilines is 1. The van der Waals surface area contributed by atoms with Crippen LogP contribution < -0.4 is 5.32 Å². The van der Waals surface area contributed by atoms with Crippen molar-refractivity contribution in [2.45, 2.75) is 0 Å². The Balaban J connectivity index is 2.78. The number of hydrogen-bond acceptors (Lipinski definition) is 3. The average Bonchev–Trinajstić information content (AvgIpc) is 2.12. The molecule has 4 nitrogen and oxygen atoms in total. The lowest BCUT2D eigenvalue weighted by Crippen LogP contribution is -2.12. The number of rotatable bonds is 2. The van der Waals surface area contributed by atoms with Gasteiger partial charge in [0, 0.05) is 5.69 Å². The van der Waals surface area contributed by atoms with E-state index in [-0.39, 0.29) is 4.47 Å². The molecule has 14 heavy (non-hydrogen) atoms. The summed E-state index contributed by atoms with van der Waals surface area (Å²) in [6, 6.07) is 4.00. The molecule has 0 aliphatic rings. The van der Waals surface area contributed by atoms with E-state index in [2.05, 4.69) is 26.4 Å². The lowest BCUT2D eigenvalue weighted by Gasteiger charge is -2.02. The van der Waals surface area contributed by atoms with Crippen molar-refractivity contribution >= 4 is 33.7 Å². The monoisotopic (exact) mass is 260 g/mol. The van der Waals surface area contributed by atoms with Crippen molar-refractivity contribution in [3.05, 3.63) is 28.5 Å². The van der Waals surface area contributed by atoms with Crippen LogP contribution in [0.3, 0.4) is 0 Å². The van der Waals surface area contributed by atoms with Gasteiger partial charge in [-0.25, -0.2) is 4.39 Å². The van der Waals surface area contributed by atoms with Gasteiger partial charge in [-0.2, -0.15) is 0 Å². The van der Waals surface area contributed by atoms with Gasteiger partial charge >= 0.3 is 0 Å². The first-order valence-corrected chi connectivity index (χ1v) is 4.36. The topological polar surface area (TPSA) is 61.7 Å². The van der Waals surface area contributed by atoms with E-state index in [1.807, 2.05) is 0 Å². The number of nitrogens with one attached hydrogen (secondary N) is 1. The Labute approximate surface area is 87.5 Å². The molecule has 0 spiro atoms. The van der Waals surface area contributed by atoms with Crippen LogP contribution in [0.5, 0.6) is 0 Å². The van der Waals surface area contributed by atoms with Gasteiger partial charge in [0.1, 0.15) is 12.0 Å². The molecule has 6 heteroatoms. The summed E-state index contributed by atoms with van der Waals surface area (Å²) in [7, 11) is 0. The summed E-state index contributed by atoms with van der Waals surface area (Å²) in [6.45, 7) is 0. The Hall–Kier alpha value is -1.43. The molecular weight excluding hydrogens is 255 g/mol. The highest BCUT2D eigenvalue weighted by atomic mass is 79.9. The number of nitrogens with zero attached hydrogens (tertiary/aromatic N) is 1. The first kappa shape index (κ1) is 10.6. The normalized spacial score (nSPS) is 10.4. The molecule has 2 N–H and O–H groups in total. The highest BCUT2D eigenvalue weighted by Gasteiger charge is 2.02. The van der Waals surface area contributed by atoms with Crippen LogP contribution in [0.25, 0.3) is 0 Å². The highest BCUT2D eigenvalue weighted by Crippen LogP contribution is 2.19. The van der Waals surface area contributed by atoms with E-state index in [4.69, 9.17) is 5.21 Å². The smallest absolute Gasteiger partial charge is 0.270 e. The molecule has 74 valence electrons. The Bertz CT molecular complexity index is 382. The SMILES string of the molecule is O=C(C=NO)Nc1ccc(F)c(Br)c1. The predicted octanol–water partition coefficient (Wildman–Crippen LogP) is 1.99. The minimum Gasteiger partial charge on any atom is -0.411 e. The van der Waals surface area contributed by atoms with E-state index in [0.717, 1.165) is 0 Å². The minimum absolute atomic E-state index is 0.247. The van der Waals surface area contributed by atoms with Gasteiger partial charge in [-0.05, 0) is 34.1 Å². The quantitative estimate of drug-likeness (QED) is 0.485. The maximum absolute atomic E-state index is 12.8. The number of benzene rings is 1. The van der Waals surface area contributed by atoms with Crippen molar-refractivity contribution in [3.8, 4) is 0 Å². The number of carbonyl (C=O) groups excluding carboxylic acids is 1. The van der Waals surface area contributed by atoms with Crippen molar-refractivity contribution in [1.29, 1.82) is 0 Å². The van der Waals surface area contributed by atoms with Gasteiger partial charge in [0.2, 0.25) is 0 Å². The Kier molecular flexibility index (Phi) is 3.58. The summed E-state index contributed by atoms with van der Waals surface area (Å²) >= 11 is 2.97. The van der Waals surface area contributed by atoms with Crippen LogP contribution in [0.1, 0.15) is 0 Å². The molecule has 0 aliphatic carbocycles. The van der Waals surface area contributed by atoms with Crippen LogP contribution in [-0.4, -0.2) is 17.3 Å². The Morgan fingerprint density at radius 3 is 2.93 bits per heavy atom. The molecule has 0 aromatic heterocycles. The minimum atomic E-state index is -0.592. The zero-order chi connectivity index (χ0) is 10.6. The molecule has 1 aromatic carbocycles. The first-order chi connectivity index (χ1) is 6.63. The zero-order valence-corrected chi connectivity index (χ0v) is 8.45. The summed E-state index contributed by atoms with van der Waals surface area (Å²) < 4.78 is 13.0. The molecule has 0 bridgehead atoms. The first-order valence-electron chi connectivity index (χ1n) is 3.57. The standard InChI is InChI=1S/C8H6BrFN2O2/c9-6-3-5(1-2-7(6)10)12-8(13)4-11-14/h1-4,14H,(H,12,13). The van der Waals surface area contributed by atoms with Crippen LogP contribution >= 0.6 is 15.9 Å². The number of halogens is 2. The molecule has 0 heterocycles. The zero-order valence-electron chi connectivity index (χ0n) is 6.87. The molecule has 1 amide bonds. The number of carbonyl (C=O) groups is 1. The van der Waals surface area contributed by atoms with E-state index >= 15 is 0 Å². The molecule has 0 atom stereocenters. The molecule has 0 saturated carbocycles. The van der Waals surface area contributed by atoms with Gasteiger partial charge < -0.3 is 10.5 Å². The van der Waals surface area contributed by atoms with Crippen molar-refractivity contribution in [1.82, 2.24) is 0 Å². The van der Waals surface area contributed by atoms with E-state index < -0.39 is 11.7 Å². The summed E-state index contributed by atoms with van der Waals surface area (Å²) in [6.07, 6.45) is 0.706. The number of oxime groups is 1. The van der Waals surface area contributed by atoms with Gasteiger partial charge in [0.05, 0.1) is 4.47 Å². The van der Waals surface area contributed by atoms with Crippen LogP contribution in [0.2, 0.25) is 0 Å². The van der Waals surface area contributed by atoms with E-state index in [0.29, 0.717) is 11.9 Å². The fraction of sp³-hybridized carbons (Fsp3) is 0. The van der Waals surface area contributed by atoms with E-state index in [9.17, 15) is 9.18 Å². The fourth-order valence-electron chi connectivity index (χ4n) is 0.801. The summed E-state index contributed by atoms with van der Waals surface area (Å²) in [5.41, 5.74) is 0.406. The third kappa shape index (κ3) is 2.81. The molecule has 0 unspecified atom stereocenters. The van der Waals surface area contributed by atoms with Gasteiger partial charge in [0.25, 0.3) is 5.91 Å². The van der Waals surface area contributed by atoms with Gasteiger partial charge in [0.15, 0.2) is 0 Å². The average molecular weight is 261 g/mol. The third-order valence-corrected chi connectivity index (χ3v) is 1.97. The van der Waals surface area contributed by atoms with Crippen molar-refractivity contribution < 1.29 is 14.4 Å². The largest absolute Gasteiger partial charge is 0.411 e. The Morgan fingerprint density at radius 1 is 1.64 bits per heavy atom. The summed E-state index contributed by atoms with van der Waals surface area (Å²) in [5.74, 6) is -1.01. The summed E-state index contributed by atoms with van der Waals surface area (Å²) in [5, 5.41) is 13.0. The molecule has 1 aromatic rings. The molecule has 0 fully saturated rings. The lowest BCUT2D eigenvalue weighted by molar-refractivity contribution is -0.110. The summed E-state index contributed by atoms with van der Waals surface area (Å²) in [4.78, 5) is 10.9. The number of hydrogen-bond donors (Lipinski definition) is 2. The highest BCUT2D eigenvalue weighted by molar-refractivity contribution is 9.10. The lowest BCUT2D eigenvalue weighted by atomic mass is 10.3. The number of amides is 1. The molecule has 0 aliphatic heterocycles. The van der Waals surface area contributed by atoms with Crippen molar-refractivity contribution in [2.24, 2.45) is 5.16 Å². The molecule has 0 saturated heterocycles. The van der Waals surface area contributed by atoms with Gasteiger partial charge in [-0.3, -0.25) is 4.79 Å². The maximum atomic E-state index is 12.8. The second kappa shape index (κ2) is 4.71. The second-order valence-electron chi connectivity index (χ2n) is 2.36. The van der Waals surface area contributed by atoms with Crippen LogP contribution in [0.15, 0.2) is 27.8 Å². The van der Waals surface area contributed by atoms with Crippen LogP contribution in [0, 0.1) is 5.82 Å². The predicted molar refractivity (Wildman–Crippen MR) is 53.0 cm³/mol. The van der Waals surface area contributed by atoms with Crippen molar-refractivity contribution in [3.63, 3.8) is 0 Å². The fourth-order valence-corrected chi connectivity index (χ4v) is 1.18. The molecule has 0 radical (unpaired) electrons. The third-order valence-electron chi connectivity index (χ3n) is 1.36. The van der Waals surface area contributed by atoms with Crippen LogP contribution in [-0.2, 0) is 4.79 Å². The maximum Gasteiger partial charge on any atom is 0.270 e. The Morgan fingerprint density at radius 2 is 2.36 bits per heavy atom. The van der Waals surface area contributed by atoms with E-state index in [1.165, 1.54) is 18.2 Å². The van der Waals surface area contributed by atoms with Gasteiger partial charge in [-0.15, -0.1) is 0 Å². The molecular formula is C8H6BrFN2O2. The molecule has 1 rings (SSSR count).